The normalized spacial score (nSPS) is 19.2. The third-order valence-corrected chi connectivity index (χ3v) is 2.81. The average molecular weight is 293 g/mol. The monoisotopic (exact) mass is 293 g/mol. The Balaban J connectivity index is 2.39. The van der Waals surface area contributed by atoms with E-state index in [4.69, 9.17) is 5.11 Å². The van der Waals surface area contributed by atoms with Crippen LogP contribution in [0.3, 0.4) is 0 Å². The van der Waals surface area contributed by atoms with Gasteiger partial charge in [-0.2, -0.15) is 0 Å². The molecule has 0 aromatic carbocycles. The van der Waals surface area contributed by atoms with Crippen LogP contribution in [-0.2, 0) is 9.59 Å². The number of nitrogens with one attached hydrogen (secondary N) is 2. The summed E-state index contributed by atoms with van der Waals surface area (Å²) >= 11 is 0. The Morgan fingerprint density at radius 2 is 2.05 bits per heavy atom. The van der Waals surface area contributed by atoms with Crippen LogP contribution in [0.25, 0.3) is 0 Å². The molecule has 1 aliphatic rings. The number of nitrogens with zero attached hydrogens (tertiary/aromatic N) is 1. The minimum atomic E-state index is -2.94. The Bertz CT molecular complexity index is 414. The number of aliphatic hydroxyl groups is 1. The molecule has 0 spiro atoms. The minimum Gasteiger partial charge on any atom is -0.385 e. The maximum Gasteiger partial charge on any atom is 0.325 e. The molecule has 4 amide bonds. The van der Waals surface area contributed by atoms with E-state index in [9.17, 15) is 23.2 Å². The van der Waals surface area contributed by atoms with Gasteiger partial charge < -0.3 is 15.7 Å². The smallest absolute Gasteiger partial charge is 0.325 e. The number of rotatable bonds is 6. The molecule has 0 aromatic rings. The van der Waals surface area contributed by atoms with Crippen molar-refractivity contribution in [3.63, 3.8) is 0 Å². The molecule has 1 unspecified atom stereocenters. The van der Waals surface area contributed by atoms with Gasteiger partial charge >= 0.3 is 6.03 Å². The molecule has 0 aliphatic carbocycles. The van der Waals surface area contributed by atoms with Crippen molar-refractivity contribution >= 4 is 17.8 Å². The summed E-state index contributed by atoms with van der Waals surface area (Å²) in [5.41, 5.74) is -1.01. The second kappa shape index (κ2) is 6.12. The molecule has 7 nitrogen and oxygen atoms in total. The highest BCUT2D eigenvalue weighted by molar-refractivity contribution is 6.06. The summed E-state index contributed by atoms with van der Waals surface area (Å²) in [4.78, 5) is 35.5. The van der Waals surface area contributed by atoms with Gasteiger partial charge in [0.1, 0.15) is 11.6 Å². The molecule has 0 radical (unpaired) electrons. The highest BCUT2D eigenvalue weighted by Crippen LogP contribution is 2.16. The van der Waals surface area contributed by atoms with Gasteiger partial charge in [-0.15, -0.1) is 0 Å². The van der Waals surface area contributed by atoms with E-state index >= 15 is 0 Å². The highest BCUT2D eigenvalue weighted by atomic mass is 19.3. The van der Waals surface area contributed by atoms with Crippen molar-refractivity contribution in [2.75, 3.05) is 13.1 Å². The molecule has 3 N–H and O–H groups in total. The van der Waals surface area contributed by atoms with Crippen molar-refractivity contribution in [1.82, 2.24) is 15.5 Å². The van der Waals surface area contributed by atoms with Crippen LogP contribution in [0.15, 0.2) is 0 Å². The third kappa shape index (κ3) is 3.86. The first-order valence-electron chi connectivity index (χ1n) is 6.02. The van der Waals surface area contributed by atoms with Crippen LogP contribution < -0.4 is 10.6 Å². The second-order valence-corrected chi connectivity index (χ2v) is 4.97. The van der Waals surface area contributed by atoms with Gasteiger partial charge in [-0.25, -0.2) is 13.6 Å². The Morgan fingerprint density at radius 1 is 1.45 bits per heavy atom. The van der Waals surface area contributed by atoms with Gasteiger partial charge in [0.15, 0.2) is 0 Å². The number of hydrogen-bond acceptors (Lipinski definition) is 4. The molecule has 0 saturated carbocycles. The summed E-state index contributed by atoms with van der Waals surface area (Å²) in [7, 11) is 0. The summed E-state index contributed by atoms with van der Waals surface area (Å²) in [5.74, 6) is -1.09. The summed E-state index contributed by atoms with van der Waals surface area (Å²) in [6.45, 7) is 2.34. The summed E-state index contributed by atoms with van der Waals surface area (Å²) in [5, 5.41) is 13.4. The number of carbonyl (C=O) groups excluding carboxylic acids is 3. The molecule has 0 aromatic heterocycles. The topological polar surface area (TPSA) is 98.7 Å². The number of carbonyl (C=O) groups is 3. The van der Waals surface area contributed by atoms with Crippen molar-refractivity contribution in [2.24, 2.45) is 0 Å². The fourth-order valence-corrected chi connectivity index (χ4v) is 1.63. The maximum atomic E-state index is 12.0. The number of halogens is 2. The van der Waals surface area contributed by atoms with Gasteiger partial charge in [0.25, 0.3) is 12.3 Å². The SMILES string of the molecule is CC1(C)NC(=O)N(CCC(=O)NCC(O)C(F)F)C1=O. The molecule has 1 atom stereocenters. The van der Waals surface area contributed by atoms with Gasteiger partial charge in [-0.3, -0.25) is 14.5 Å². The van der Waals surface area contributed by atoms with E-state index in [0.29, 0.717) is 0 Å². The van der Waals surface area contributed by atoms with E-state index < -0.39 is 42.5 Å². The van der Waals surface area contributed by atoms with Gasteiger partial charge in [0.2, 0.25) is 5.91 Å². The molecule has 9 heteroatoms. The zero-order chi connectivity index (χ0) is 15.5. The molecule has 114 valence electrons. The average Bonchev–Trinajstić information content (AvgIpc) is 2.53. The zero-order valence-corrected chi connectivity index (χ0v) is 11.2. The molecule has 1 heterocycles. The molecule has 1 saturated heterocycles. The lowest BCUT2D eigenvalue weighted by molar-refractivity contribution is -0.130. The van der Waals surface area contributed by atoms with Gasteiger partial charge in [-0.1, -0.05) is 0 Å². The predicted molar refractivity (Wildman–Crippen MR) is 64.0 cm³/mol. The highest BCUT2D eigenvalue weighted by Gasteiger charge is 2.43. The lowest BCUT2D eigenvalue weighted by Crippen LogP contribution is -2.41. The Kier molecular flexibility index (Phi) is 4.98. The standard InChI is InChI=1S/C11H17F2N3O4/c1-11(2)9(19)16(10(20)15-11)4-3-7(18)14-5-6(17)8(12)13/h6,8,17H,3-5H2,1-2H3,(H,14,18)(H,15,20). The molecule has 20 heavy (non-hydrogen) atoms. The van der Waals surface area contributed by atoms with Crippen molar-refractivity contribution in [3.8, 4) is 0 Å². The Labute approximate surface area is 114 Å². The molecule has 1 rings (SSSR count). The number of imide groups is 1. The van der Waals surface area contributed by atoms with Crippen LogP contribution in [0.5, 0.6) is 0 Å². The van der Waals surface area contributed by atoms with Gasteiger partial charge in [0.05, 0.1) is 0 Å². The molecule has 0 bridgehead atoms. The van der Waals surface area contributed by atoms with Gasteiger partial charge in [-0.05, 0) is 13.8 Å². The minimum absolute atomic E-state index is 0.148. The summed E-state index contributed by atoms with van der Waals surface area (Å²) in [6.07, 6.45) is -5.10. The number of urea groups is 1. The van der Waals surface area contributed by atoms with E-state index in [-0.39, 0.29) is 13.0 Å². The Morgan fingerprint density at radius 3 is 2.50 bits per heavy atom. The van der Waals surface area contributed by atoms with Crippen molar-refractivity contribution in [2.45, 2.75) is 38.3 Å². The number of amides is 4. The zero-order valence-electron chi connectivity index (χ0n) is 11.2. The molecule has 1 fully saturated rings. The largest absolute Gasteiger partial charge is 0.385 e. The van der Waals surface area contributed by atoms with Crippen LogP contribution in [0, 0.1) is 0 Å². The number of alkyl halides is 2. The van der Waals surface area contributed by atoms with Crippen LogP contribution >= 0.6 is 0 Å². The number of aliphatic hydroxyl groups excluding tert-OH is 1. The van der Waals surface area contributed by atoms with E-state index in [1.54, 1.807) is 0 Å². The Hall–Kier alpha value is -1.77. The fourth-order valence-electron chi connectivity index (χ4n) is 1.63. The lowest BCUT2D eigenvalue weighted by atomic mass is 10.1. The maximum absolute atomic E-state index is 12.0. The first-order valence-corrected chi connectivity index (χ1v) is 6.02. The first-order chi connectivity index (χ1) is 9.15. The number of hydrogen-bond donors (Lipinski definition) is 3. The van der Waals surface area contributed by atoms with E-state index in [1.807, 2.05) is 0 Å². The van der Waals surface area contributed by atoms with Crippen molar-refractivity contribution in [3.05, 3.63) is 0 Å². The third-order valence-electron chi connectivity index (χ3n) is 2.81. The molecule has 1 aliphatic heterocycles. The second-order valence-electron chi connectivity index (χ2n) is 4.97. The van der Waals surface area contributed by atoms with Crippen LogP contribution in [-0.4, -0.2) is 59.0 Å². The fraction of sp³-hybridized carbons (Fsp3) is 0.727. The molecular weight excluding hydrogens is 276 g/mol. The van der Waals surface area contributed by atoms with Crippen LogP contribution in [0.4, 0.5) is 13.6 Å². The predicted octanol–water partition coefficient (Wildman–Crippen LogP) is -0.551. The van der Waals surface area contributed by atoms with Crippen molar-refractivity contribution < 1.29 is 28.3 Å². The summed E-state index contributed by atoms with van der Waals surface area (Å²) < 4.78 is 24.0. The van der Waals surface area contributed by atoms with Crippen LogP contribution in [0.2, 0.25) is 0 Å². The van der Waals surface area contributed by atoms with Gasteiger partial charge in [0, 0.05) is 19.5 Å². The summed E-state index contributed by atoms with van der Waals surface area (Å²) in [6, 6.07) is -0.597. The van der Waals surface area contributed by atoms with E-state index in [1.165, 1.54) is 13.8 Å². The van der Waals surface area contributed by atoms with E-state index in [0.717, 1.165) is 4.90 Å². The first kappa shape index (κ1) is 16.3. The molecular formula is C11H17F2N3O4. The quantitative estimate of drug-likeness (QED) is 0.572. The lowest BCUT2D eigenvalue weighted by Gasteiger charge is -2.16. The van der Waals surface area contributed by atoms with E-state index in [2.05, 4.69) is 10.6 Å². The van der Waals surface area contributed by atoms with Crippen molar-refractivity contribution in [1.29, 1.82) is 0 Å². The van der Waals surface area contributed by atoms with Crippen LogP contribution in [0.1, 0.15) is 20.3 Å².